The van der Waals surface area contributed by atoms with E-state index < -0.39 is 0 Å². The summed E-state index contributed by atoms with van der Waals surface area (Å²) in [7, 11) is 3.17. The molecule has 2 aromatic rings. The van der Waals surface area contributed by atoms with Crippen LogP contribution in [0.2, 0.25) is 0 Å². The number of aromatic nitrogens is 1. The van der Waals surface area contributed by atoms with E-state index in [2.05, 4.69) is 16.4 Å². The fraction of sp³-hybridized carbons (Fsp3) is 0.350. The molecule has 3 rings (SSSR count). The van der Waals surface area contributed by atoms with Crippen LogP contribution in [0.1, 0.15) is 45.9 Å². The Morgan fingerprint density at radius 1 is 1.33 bits per heavy atom. The van der Waals surface area contributed by atoms with E-state index in [0.29, 0.717) is 33.6 Å². The van der Waals surface area contributed by atoms with Gasteiger partial charge < -0.3 is 14.8 Å². The summed E-state index contributed by atoms with van der Waals surface area (Å²) >= 11 is 1.39. The highest BCUT2D eigenvalue weighted by Gasteiger charge is 2.28. The van der Waals surface area contributed by atoms with Gasteiger partial charge in [-0.25, -0.2) is 4.98 Å². The van der Waals surface area contributed by atoms with Crippen LogP contribution in [-0.2, 0) is 6.54 Å². The average molecular weight is 383 g/mol. The van der Waals surface area contributed by atoms with Gasteiger partial charge in [0.15, 0.2) is 0 Å². The highest BCUT2D eigenvalue weighted by molar-refractivity contribution is 7.98. The first-order chi connectivity index (χ1) is 13.1. The van der Waals surface area contributed by atoms with Crippen LogP contribution in [0, 0.1) is 11.3 Å². The van der Waals surface area contributed by atoms with E-state index in [4.69, 9.17) is 9.47 Å². The summed E-state index contributed by atoms with van der Waals surface area (Å²) in [4.78, 5) is 17.4. The smallest absolute Gasteiger partial charge is 0.253 e. The lowest BCUT2D eigenvalue weighted by Gasteiger charge is -2.13. The molecule has 0 atom stereocenters. The second kappa shape index (κ2) is 8.31. The topological polar surface area (TPSA) is 84.2 Å². The van der Waals surface area contributed by atoms with Crippen LogP contribution in [-0.4, -0.2) is 31.4 Å². The summed E-state index contributed by atoms with van der Waals surface area (Å²) in [5.74, 6) is 1.45. The number of hydrogen-bond acceptors (Lipinski definition) is 6. The lowest BCUT2D eigenvalue weighted by molar-refractivity contribution is 0.0950. The van der Waals surface area contributed by atoms with Gasteiger partial charge in [-0.2, -0.15) is 5.26 Å². The fourth-order valence-electron chi connectivity index (χ4n) is 2.85. The third-order valence-electron chi connectivity index (χ3n) is 4.48. The molecule has 1 amide bonds. The van der Waals surface area contributed by atoms with Gasteiger partial charge in [-0.1, -0.05) is 0 Å². The average Bonchev–Trinajstić information content (AvgIpc) is 3.55. The molecule has 7 heteroatoms. The second-order valence-electron chi connectivity index (χ2n) is 6.23. The van der Waals surface area contributed by atoms with Gasteiger partial charge >= 0.3 is 0 Å². The van der Waals surface area contributed by atoms with Gasteiger partial charge in [-0.3, -0.25) is 4.79 Å². The number of hydrogen-bond donors (Lipinski definition) is 1. The van der Waals surface area contributed by atoms with Crippen LogP contribution < -0.4 is 14.8 Å². The second-order valence-corrected chi connectivity index (χ2v) is 7.02. The van der Waals surface area contributed by atoms with Crippen molar-refractivity contribution in [3.8, 4) is 17.6 Å². The first-order valence-corrected chi connectivity index (χ1v) is 9.81. The van der Waals surface area contributed by atoms with Gasteiger partial charge in [-0.15, -0.1) is 11.8 Å². The molecule has 0 radical (unpaired) electrons. The fourth-order valence-corrected chi connectivity index (χ4v) is 3.41. The number of thioether (sulfide) groups is 1. The van der Waals surface area contributed by atoms with Crippen molar-refractivity contribution in [1.29, 1.82) is 5.26 Å². The van der Waals surface area contributed by atoms with Crippen LogP contribution in [0.3, 0.4) is 0 Å². The number of ether oxygens (including phenoxy) is 2. The minimum atomic E-state index is -0.295. The summed E-state index contributed by atoms with van der Waals surface area (Å²) in [6.45, 7) is 0.264. The van der Waals surface area contributed by atoms with Crippen molar-refractivity contribution >= 4 is 17.7 Å². The first-order valence-electron chi connectivity index (χ1n) is 8.59. The van der Waals surface area contributed by atoms with E-state index in [0.717, 1.165) is 24.1 Å². The third kappa shape index (κ3) is 4.17. The van der Waals surface area contributed by atoms with E-state index >= 15 is 0 Å². The van der Waals surface area contributed by atoms with Crippen molar-refractivity contribution < 1.29 is 14.3 Å². The predicted octanol–water partition coefficient (Wildman–Crippen LogP) is 3.50. The van der Waals surface area contributed by atoms with Crippen molar-refractivity contribution in [2.45, 2.75) is 30.3 Å². The van der Waals surface area contributed by atoms with Gasteiger partial charge in [0.25, 0.3) is 5.91 Å². The number of pyridine rings is 1. The molecule has 1 aromatic carbocycles. The summed E-state index contributed by atoms with van der Waals surface area (Å²) in [5.41, 5.74) is 2.38. The molecule has 1 saturated carbocycles. The highest BCUT2D eigenvalue weighted by Crippen LogP contribution is 2.40. The molecule has 1 aromatic heterocycles. The maximum Gasteiger partial charge on any atom is 0.253 e. The highest BCUT2D eigenvalue weighted by atomic mass is 32.2. The van der Waals surface area contributed by atoms with Crippen molar-refractivity contribution in [1.82, 2.24) is 10.3 Å². The molecule has 1 fully saturated rings. The molecule has 0 unspecified atom stereocenters. The zero-order valence-electron chi connectivity index (χ0n) is 15.5. The molecule has 140 valence electrons. The van der Waals surface area contributed by atoms with E-state index in [-0.39, 0.29) is 12.5 Å². The number of amides is 1. The maximum absolute atomic E-state index is 12.8. The Hall–Kier alpha value is -2.72. The van der Waals surface area contributed by atoms with Crippen LogP contribution in [0.5, 0.6) is 11.5 Å². The van der Waals surface area contributed by atoms with Gasteiger partial charge in [0.05, 0.1) is 25.3 Å². The number of carbonyl (C=O) groups is 1. The van der Waals surface area contributed by atoms with Gasteiger partial charge in [0.2, 0.25) is 0 Å². The Morgan fingerprint density at radius 2 is 2.11 bits per heavy atom. The van der Waals surface area contributed by atoms with E-state index in [1.807, 2.05) is 12.3 Å². The zero-order chi connectivity index (χ0) is 19.4. The molecular weight excluding hydrogens is 362 g/mol. The normalized spacial score (nSPS) is 13.0. The quantitative estimate of drug-likeness (QED) is 0.737. The molecule has 1 N–H and O–H groups in total. The van der Waals surface area contributed by atoms with E-state index in [1.165, 1.54) is 11.8 Å². The molecule has 0 spiro atoms. The molecule has 27 heavy (non-hydrogen) atoms. The maximum atomic E-state index is 12.8. The Balaban J connectivity index is 1.86. The lowest BCUT2D eigenvalue weighted by Crippen LogP contribution is -2.24. The van der Waals surface area contributed by atoms with Crippen molar-refractivity contribution in [3.63, 3.8) is 0 Å². The standard InChI is InChI=1S/C20H21N3O3S/c1-25-14-6-7-18(26-2)13(8-14)11-22-19(24)15-9-17(12-4-5-12)23-20(27-3)16(15)10-21/h6-9,12H,4-5,11H2,1-3H3,(H,22,24). The minimum Gasteiger partial charge on any atom is -0.497 e. The molecule has 1 heterocycles. The van der Waals surface area contributed by atoms with Crippen LogP contribution >= 0.6 is 11.8 Å². The summed E-state index contributed by atoms with van der Waals surface area (Å²) in [5, 5.41) is 13.0. The summed E-state index contributed by atoms with van der Waals surface area (Å²) in [6.07, 6.45) is 4.02. The molecule has 0 bridgehead atoms. The minimum absolute atomic E-state index is 0.264. The predicted molar refractivity (Wildman–Crippen MR) is 103 cm³/mol. The van der Waals surface area contributed by atoms with Crippen LogP contribution in [0.4, 0.5) is 0 Å². The largest absolute Gasteiger partial charge is 0.497 e. The monoisotopic (exact) mass is 383 g/mol. The molecular formula is C20H21N3O3S. The Labute approximate surface area is 162 Å². The molecule has 1 aliphatic rings. The number of rotatable bonds is 7. The Kier molecular flexibility index (Phi) is 5.87. The van der Waals surface area contributed by atoms with Gasteiger partial charge in [0.1, 0.15) is 22.6 Å². The first kappa shape index (κ1) is 19.1. The number of nitrogens with zero attached hydrogens (tertiary/aromatic N) is 2. The SMILES string of the molecule is COc1ccc(OC)c(CNC(=O)c2cc(C3CC3)nc(SC)c2C#N)c1. The molecule has 6 nitrogen and oxygen atoms in total. The van der Waals surface area contributed by atoms with Crippen LogP contribution in [0.25, 0.3) is 0 Å². The molecule has 0 aliphatic heterocycles. The van der Waals surface area contributed by atoms with E-state index in [9.17, 15) is 10.1 Å². The van der Waals surface area contributed by atoms with Crippen molar-refractivity contribution in [2.75, 3.05) is 20.5 Å². The van der Waals surface area contributed by atoms with Gasteiger partial charge in [-0.05, 0) is 43.4 Å². The number of nitrogens with one attached hydrogen (secondary N) is 1. The summed E-state index contributed by atoms with van der Waals surface area (Å²) < 4.78 is 10.6. The number of methoxy groups -OCH3 is 2. The van der Waals surface area contributed by atoms with Gasteiger partial charge in [0, 0.05) is 23.7 Å². The lowest BCUT2D eigenvalue weighted by atomic mass is 10.1. The van der Waals surface area contributed by atoms with E-state index in [1.54, 1.807) is 32.4 Å². The number of benzene rings is 1. The van der Waals surface area contributed by atoms with Crippen molar-refractivity contribution in [3.05, 3.63) is 46.6 Å². The van der Waals surface area contributed by atoms with Crippen LogP contribution in [0.15, 0.2) is 29.3 Å². The molecule has 1 aliphatic carbocycles. The Morgan fingerprint density at radius 3 is 2.70 bits per heavy atom. The Bertz CT molecular complexity index is 904. The summed E-state index contributed by atoms with van der Waals surface area (Å²) in [6, 6.07) is 9.31. The molecule has 0 saturated heterocycles. The zero-order valence-corrected chi connectivity index (χ0v) is 16.4. The third-order valence-corrected chi connectivity index (χ3v) is 5.16. The number of carbonyl (C=O) groups excluding carboxylic acids is 1. The number of nitriles is 1. The van der Waals surface area contributed by atoms with Crippen molar-refractivity contribution in [2.24, 2.45) is 0 Å².